The summed E-state index contributed by atoms with van der Waals surface area (Å²) in [5.41, 5.74) is 6.24. The van der Waals surface area contributed by atoms with E-state index in [-0.39, 0.29) is 0 Å². The number of hydrogen-bond acceptors (Lipinski definition) is 6. The largest absolute Gasteiger partial charge is 0.332 e. The van der Waals surface area contributed by atoms with E-state index in [2.05, 4.69) is 15.1 Å². The van der Waals surface area contributed by atoms with Crippen molar-refractivity contribution < 1.29 is 4.52 Å². The molecule has 0 radical (unpaired) electrons. The first kappa shape index (κ1) is 9.92. The maximum Gasteiger partial charge on any atom is 0.277 e. The Kier molecular flexibility index (Phi) is 2.45. The predicted molar refractivity (Wildman–Crippen MR) is 59.7 cm³/mol. The Bertz CT molecular complexity index is 488. The van der Waals surface area contributed by atoms with E-state index in [4.69, 9.17) is 10.3 Å². The molecule has 2 N–H and O–H groups in total. The van der Waals surface area contributed by atoms with E-state index in [0.29, 0.717) is 12.4 Å². The number of thiazole rings is 1. The van der Waals surface area contributed by atoms with Gasteiger partial charge in [-0.3, -0.25) is 0 Å². The minimum atomic E-state index is 0.452. The monoisotopic (exact) mass is 236 g/mol. The maximum absolute atomic E-state index is 5.50. The van der Waals surface area contributed by atoms with Crippen LogP contribution in [0.15, 0.2) is 9.90 Å². The van der Waals surface area contributed by atoms with Crippen molar-refractivity contribution in [2.45, 2.75) is 25.8 Å². The standard InChI is InChI=1S/C10H12N4OS/c11-4-9-12-7(5-16-9)10-13-8(14-15-10)3-6-1-2-6/h5-6H,1-4,11H2. The Labute approximate surface area is 96.7 Å². The second-order valence-electron chi connectivity index (χ2n) is 3.99. The van der Waals surface area contributed by atoms with Gasteiger partial charge in [0.05, 0.1) is 0 Å². The van der Waals surface area contributed by atoms with Crippen molar-refractivity contribution in [1.82, 2.24) is 15.1 Å². The predicted octanol–water partition coefficient (Wildman–Crippen LogP) is 1.60. The lowest BCUT2D eigenvalue weighted by molar-refractivity contribution is 0.420. The lowest BCUT2D eigenvalue weighted by Crippen LogP contribution is -1.94. The van der Waals surface area contributed by atoms with E-state index in [1.807, 2.05) is 5.38 Å². The van der Waals surface area contributed by atoms with Gasteiger partial charge in [-0.2, -0.15) is 4.98 Å². The molecule has 5 nitrogen and oxygen atoms in total. The van der Waals surface area contributed by atoms with Crippen molar-refractivity contribution in [1.29, 1.82) is 0 Å². The molecule has 1 fully saturated rings. The van der Waals surface area contributed by atoms with E-state index in [9.17, 15) is 0 Å². The van der Waals surface area contributed by atoms with Crippen LogP contribution >= 0.6 is 11.3 Å². The van der Waals surface area contributed by atoms with Gasteiger partial charge >= 0.3 is 0 Å². The van der Waals surface area contributed by atoms with Gasteiger partial charge in [0.15, 0.2) is 5.82 Å². The second kappa shape index (κ2) is 3.95. The highest BCUT2D eigenvalue weighted by molar-refractivity contribution is 7.09. The molecule has 16 heavy (non-hydrogen) atoms. The molecular weight excluding hydrogens is 224 g/mol. The minimum absolute atomic E-state index is 0.452. The third kappa shape index (κ3) is 1.98. The molecule has 0 bridgehead atoms. The van der Waals surface area contributed by atoms with E-state index < -0.39 is 0 Å². The van der Waals surface area contributed by atoms with Crippen molar-refractivity contribution in [3.63, 3.8) is 0 Å². The van der Waals surface area contributed by atoms with Crippen LogP contribution in [-0.2, 0) is 13.0 Å². The molecule has 2 aromatic heterocycles. The molecule has 3 rings (SSSR count). The number of hydrogen-bond donors (Lipinski definition) is 1. The maximum atomic E-state index is 5.50. The zero-order valence-electron chi connectivity index (χ0n) is 8.72. The summed E-state index contributed by atoms with van der Waals surface area (Å²) in [6, 6.07) is 0. The normalized spacial score (nSPS) is 15.6. The Morgan fingerprint density at radius 2 is 2.31 bits per heavy atom. The van der Waals surface area contributed by atoms with Gasteiger partial charge in [-0.15, -0.1) is 11.3 Å². The van der Waals surface area contributed by atoms with Gasteiger partial charge in [-0.1, -0.05) is 5.16 Å². The van der Waals surface area contributed by atoms with Crippen LogP contribution in [0.4, 0.5) is 0 Å². The van der Waals surface area contributed by atoms with Crippen molar-refractivity contribution in [3.8, 4) is 11.6 Å². The highest BCUT2D eigenvalue weighted by Crippen LogP contribution is 2.32. The van der Waals surface area contributed by atoms with Crippen LogP contribution < -0.4 is 5.73 Å². The fourth-order valence-electron chi connectivity index (χ4n) is 1.52. The first-order chi connectivity index (χ1) is 7.85. The van der Waals surface area contributed by atoms with Crippen LogP contribution in [0.1, 0.15) is 23.7 Å². The first-order valence-electron chi connectivity index (χ1n) is 5.32. The summed E-state index contributed by atoms with van der Waals surface area (Å²) in [4.78, 5) is 8.64. The third-order valence-electron chi connectivity index (χ3n) is 2.58. The fourth-order valence-corrected chi connectivity index (χ4v) is 2.17. The van der Waals surface area contributed by atoms with Crippen molar-refractivity contribution in [2.24, 2.45) is 11.7 Å². The molecule has 1 aliphatic carbocycles. The van der Waals surface area contributed by atoms with Crippen molar-refractivity contribution >= 4 is 11.3 Å². The molecule has 0 aromatic carbocycles. The van der Waals surface area contributed by atoms with Gasteiger partial charge in [0.2, 0.25) is 0 Å². The molecule has 0 atom stereocenters. The van der Waals surface area contributed by atoms with E-state index in [1.165, 1.54) is 24.2 Å². The van der Waals surface area contributed by atoms with E-state index in [0.717, 1.165) is 28.9 Å². The Morgan fingerprint density at radius 3 is 3.00 bits per heavy atom. The zero-order valence-corrected chi connectivity index (χ0v) is 9.54. The lowest BCUT2D eigenvalue weighted by atomic mass is 10.3. The number of nitrogens with zero attached hydrogens (tertiary/aromatic N) is 3. The van der Waals surface area contributed by atoms with Crippen LogP contribution in [0.3, 0.4) is 0 Å². The van der Waals surface area contributed by atoms with Gasteiger partial charge in [0.25, 0.3) is 5.89 Å². The number of rotatable bonds is 4. The van der Waals surface area contributed by atoms with Crippen LogP contribution in [0.2, 0.25) is 0 Å². The summed E-state index contributed by atoms with van der Waals surface area (Å²) < 4.78 is 5.18. The van der Waals surface area contributed by atoms with Gasteiger partial charge in [0.1, 0.15) is 10.7 Å². The molecule has 6 heteroatoms. The molecule has 1 saturated carbocycles. The summed E-state index contributed by atoms with van der Waals surface area (Å²) in [6.07, 6.45) is 3.51. The molecule has 2 aromatic rings. The highest BCUT2D eigenvalue weighted by atomic mass is 32.1. The zero-order chi connectivity index (χ0) is 11.0. The highest BCUT2D eigenvalue weighted by Gasteiger charge is 2.24. The van der Waals surface area contributed by atoms with Gasteiger partial charge < -0.3 is 10.3 Å². The summed E-state index contributed by atoms with van der Waals surface area (Å²) >= 11 is 1.52. The number of nitrogens with two attached hydrogens (primary N) is 1. The molecule has 0 saturated heterocycles. The van der Waals surface area contributed by atoms with Gasteiger partial charge in [-0.25, -0.2) is 4.98 Å². The smallest absolute Gasteiger partial charge is 0.277 e. The quantitative estimate of drug-likeness (QED) is 0.872. The topological polar surface area (TPSA) is 77.8 Å². The SMILES string of the molecule is NCc1nc(-c2nc(CC3CC3)no2)cs1. The molecule has 2 heterocycles. The Balaban J connectivity index is 1.79. The van der Waals surface area contributed by atoms with Crippen LogP contribution in [0, 0.1) is 5.92 Å². The average Bonchev–Trinajstić information content (AvgIpc) is 2.83. The average molecular weight is 236 g/mol. The first-order valence-corrected chi connectivity index (χ1v) is 6.20. The molecular formula is C10H12N4OS. The summed E-state index contributed by atoms with van der Waals surface area (Å²) in [5.74, 6) is 2.06. The summed E-state index contributed by atoms with van der Waals surface area (Å²) in [5, 5.41) is 6.74. The van der Waals surface area contributed by atoms with Crippen LogP contribution in [0.5, 0.6) is 0 Å². The van der Waals surface area contributed by atoms with Crippen LogP contribution in [0.25, 0.3) is 11.6 Å². The Hall–Kier alpha value is -1.27. The van der Waals surface area contributed by atoms with Crippen LogP contribution in [-0.4, -0.2) is 15.1 Å². The minimum Gasteiger partial charge on any atom is -0.332 e. The lowest BCUT2D eigenvalue weighted by Gasteiger charge is -1.86. The van der Waals surface area contributed by atoms with Crippen molar-refractivity contribution in [2.75, 3.05) is 0 Å². The molecule has 84 valence electrons. The molecule has 0 amide bonds. The number of aromatic nitrogens is 3. The fraction of sp³-hybridized carbons (Fsp3) is 0.500. The van der Waals surface area contributed by atoms with Gasteiger partial charge in [0, 0.05) is 18.3 Å². The van der Waals surface area contributed by atoms with Crippen molar-refractivity contribution in [3.05, 3.63) is 16.2 Å². The molecule has 0 aliphatic heterocycles. The molecule has 1 aliphatic rings. The van der Waals surface area contributed by atoms with E-state index in [1.54, 1.807) is 0 Å². The second-order valence-corrected chi connectivity index (χ2v) is 4.94. The molecule has 0 unspecified atom stereocenters. The van der Waals surface area contributed by atoms with E-state index >= 15 is 0 Å². The summed E-state index contributed by atoms with van der Waals surface area (Å²) in [6.45, 7) is 0.452. The third-order valence-corrected chi connectivity index (χ3v) is 3.45. The van der Waals surface area contributed by atoms with Gasteiger partial charge in [-0.05, 0) is 18.8 Å². The summed E-state index contributed by atoms with van der Waals surface area (Å²) in [7, 11) is 0. The molecule has 0 spiro atoms. The Morgan fingerprint density at radius 1 is 1.44 bits per heavy atom.